The molecule has 2 aromatic rings. The molecule has 0 saturated carbocycles. The summed E-state index contributed by atoms with van der Waals surface area (Å²) in [5.41, 5.74) is 2.71. The van der Waals surface area contributed by atoms with Crippen molar-refractivity contribution in [1.82, 2.24) is 5.32 Å². The van der Waals surface area contributed by atoms with Crippen LogP contribution in [-0.4, -0.2) is 44.2 Å². The molecule has 1 saturated heterocycles. The molecule has 2 N–H and O–H groups in total. The van der Waals surface area contributed by atoms with E-state index in [0.29, 0.717) is 29.3 Å². The average molecular weight is 438 g/mol. The Kier molecular flexibility index (Phi) is 7.64. The Labute approximate surface area is 189 Å². The molecule has 1 fully saturated rings. The minimum absolute atomic E-state index is 0.00904. The minimum Gasteiger partial charge on any atom is -0.465 e. The van der Waals surface area contributed by atoms with E-state index in [0.717, 1.165) is 25.0 Å². The van der Waals surface area contributed by atoms with E-state index in [9.17, 15) is 9.59 Å². The Bertz CT molecular complexity index is 971. The highest BCUT2D eigenvalue weighted by Crippen LogP contribution is 2.22. The van der Waals surface area contributed by atoms with Crippen molar-refractivity contribution in [1.29, 1.82) is 0 Å². The van der Waals surface area contributed by atoms with Crippen LogP contribution in [0.1, 0.15) is 59.9 Å². The van der Waals surface area contributed by atoms with Gasteiger partial charge in [0.1, 0.15) is 0 Å². The summed E-state index contributed by atoms with van der Waals surface area (Å²) in [6.45, 7) is 7.55. The number of hydrogen-bond acceptors (Lipinski definition) is 5. The molecule has 1 heterocycles. The number of aliphatic imine (C=N–C) groups is 1. The Morgan fingerprint density at radius 1 is 1.12 bits per heavy atom. The van der Waals surface area contributed by atoms with Crippen molar-refractivity contribution in [3.8, 4) is 0 Å². The van der Waals surface area contributed by atoms with Crippen LogP contribution in [-0.2, 0) is 14.9 Å². The van der Waals surface area contributed by atoms with Crippen molar-refractivity contribution < 1.29 is 19.1 Å². The predicted octanol–water partition coefficient (Wildman–Crippen LogP) is 4.15. The van der Waals surface area contributed by atoms with Gasteiger partial charge in [0.05, 0.1) is 25.3 Å². The molecule has 2 aromatic carbocycles. The Morgan fingerprint density at radius 3 is 2.50 bits per heavy atom. The van der Waals surface area contributed by atoms with Gasteiger partial charge in [-0.3, -0.25) is 10.1 Å². The molecule has 1 amide bonds. The van der Waals surface area contributed by atoms with Gasteiger partial charge in [0.25, 0.3) is 5.91 Å². The molecule has 0 radical (unpaired) electrons. The maximum atomic E-state index is 12.9. The smallest absolute Gasteiger partial charge is 0.337 e. The highest BCUT2D eigenvalue weighted by atomic mass is 16.5. The van der Waals surface area contributed by atoms with Crippen molar-refractivity contribution in [3.63, 3.8) is 0 Å². The highest BCUT2D eigenvalue weighted by molar-refractivity contribution is 6.10. The molecule has 3 rings (SSSR count). The molecule has 7 heteroatoms. The molecule has 0 aromatic heterocycles. The van der Waals surface area contributed by atoms with E-state index in [1.165, 1.54) is 7.11 Å². The second-order valence-corrected chi connectivity index (χ2v) is 8.80. The van der Waals surface area contributed by atoms with E-state index in [-0.39, 0.29) is 17.4 Å². The van der Waals surface area contributed by atoms with Crippen molar-refractivity contribution in [2.45, 2.75) is 45.1 Å². The number of esters is 1. The lowest BCUT2D eigenvalue weighted by Gasteiger charge is -2.19. The van der Waals surface area contributed by atoms with Gasteiger partial charge in [-0.15, -0.1) is 0 Å². The fraction of sp³-hybridized carbons (Fsp3) is 0.400. The van der Waals surface area contributed by atoms with Crippen LogP contribution >= 0.6 is 0 Å². The number of benzene rings is 2. The zero-order valence-electron chi connectivity index (χ0n) is 19.1. The number of amides is 1. The van der Waals surface area contributed by atoms with Gasteiger partial charge < -0.3 is 14.8 Å². The molecule has 1 atom stereocenters. The Hall–Kier alpha value is -3.19. The van der Waals surface area contributed by atoms with E-state index in [4.69, 9.17) is 9.47 Å². The molecular weight excluding hydrogens is 406 g/mol. The lowest BCUT2D eigenvalue weighted by Crippen LogP contribution is -2.36. The SMILES string of the molecule is COC(=O)c1cccc(NC(=NCC2CCCO2)NC(=O)c2ccc(C(C)(C)C)cc2)c1. The number of rotatable bonds is 5. The van der Waals surface area contributed by atoms with E-state index in [2.05, 4.69) is 36.4 Å². The molecule has 1 aliphatic rings. The van der Waals surface area contributed by atoms with Gasteiger partial charge in [0.15, 0.2) is 0 Å². The third kappa shape index (κ3) is 6.40. The summed E-state index contributed by atoms with van der Waals surface area (Å²) in [6.07, 6.45) is 1.99. The summed E-state index contributed by atoms with van der Waals surface area (Å²) in [7, 11) is 1.34. The first-order valence-corrected chi connectivity index (χ1v) is 10.8. The van der Waals surface area contributed by atoms with E-state index >= 15 is 0 Å². The van der Waals surface area contributed by atoms with Crippen LogP contribution in [0.25, 0.3) is 0 Å². The summed E-state index contributed by atoms with van der Waals surface area (Å²) >= 11 is 0. The maximum Gasteiger partial charge on any atom is 0.337 e. The van der Waals surface area contributed by atoms with Gasteiger partial charge in [-0.05, 0) is 54.2 Å². The normalized spacial score (nSPS) is 16.5. The fourth-order valence-electron chi connectivity index (χ4n) is 3.37. The maximum absolute atomic E-state index is 12.9. The van der Waals surface area contributed by atoms with Crippen molar-refractivity contribution in [2.75, 3.05) is 25.6 Å². The van der Waals surface area contributed by atoms with Crippen LogP contribution in [0.4, 0.5) is 5.69 Å². The summed E-state index contributed by atoms with van der Waals surface area (Å²) in [5, 5.41) is 5.97. The number of nitrogens with one attached hydrogen (secondary N) is 2. The van der Waals surface area contributed by atoms with Crippen LogP contribution in [0.15, 0.2) is 53.5 Å². The Morgan fingerprint density at radius 2 is 1.88 bits per heavy atom. The summed E-state index contributed by atoms with van der Waals surface area (Å²) in [5.74, 6) is -0.407. The van der Waals surface area contributed by atoms with Crippen LogP contribution in [0.5, 0.6) is 0 Å². The average Bonchev–Trinajstić information content (AvgIpc) is 3.30. The number of carbonyl (C=O) groups excluding carboxylic acids is 2. The van der Waals surface area contributed by atoms with Crippen LogP contribution in [0.3, 0.4) is 0 Å². The topological polar surface area (TPSA) is 89.0 Å². The zero-order valence-corrected chi connectivity index (χ0v) is 19.1. The quantitative estimate of drug-likeness (QED) is 0.417. The number of hydrogen-bond donors (Lipinski definition) is 2. The minimum atomic E-state index is -0.436. The predicted molar refractivity (Wildman–Crippen MR) is 125 cm³/mol. The van der Waals surface area contributed by atoms with Crippen LogP contribution in [0, 0.1) is 0 Å². The van der Waals surface area contributed by atoms with Crippen molar-refractivity contribution in [3.05, 3.63) is 65.2 Å². The highest BCUT2D eigenvalue weighted by Gasteiger charge is 2.18. The summed E-state index contributed by atoms with van der Waals surface area (Å²) in [6, 6.07) is 14.4. The number of anilines is 1. The zero-order chi connectivity index (χ0) is 23.1. The molecule has 32 heavy (non-hydrogen) atoms. The van der Waals surface area contributed by atoms with Gasteiger partial charge in [-0.2, -0.15) is 0 Å². The first-order chi connectivity index (χ1) is 15.3. The Balaban J connectivity index is 1.77. The number of carbonyl (C=O) groups is 2. The van der Waals surface area contributed by atoms with Gasteiger partial charge in [-0.25, -0.2) is 9.79 Å². The third-order valence-electron chi connectivity index (χ3n) is 5.27. The molecule has 170 valence electrons. The van der Waals surface area contributed by atoms with E-state index in [1.807, 2.05) is 24.3 Å². The summed E-state index contributed by atoms with van der Waals surface area (Å²) < 4.78 is 10.4. The second-order valence-electron chi connectivity index (χ2n) is 8.80. The van der Waals surface area contributed by atoms with Gasteiger partial charge >= 0.3 is 5.97 Å². The van der Waals surface area contributed by atoms with Crippen molar-refractivity contribution >= 4 is 23.5 Å². The van der Waals surface area contributed by atoms with E-state index in [1.54, 1.807) is 24.3 Å². The molecule has 1 aliphatic heterocycles. The third-order valence-corrected chi connectivity index (χ3v) is 5.27. The fourth-order valence-corrected chi connectivity index (χ4v) is 3.37. The number of ether oxygens (including phenoxy) is 2. The summed E-state index contributed by atoms with van der Waals surface area (Å²) in [4.78, 5) is 29.3. The molecule has 1 unspecified atom stereocenters. The largest absolute Gasteiger partial charge is 0.465 e. The lowest BCUT2D eigenvalue weighted by molar-refractivity contribution is 0.0600. The number of methoxy groups -OCH3 is 1. The first-order valence-electron chi connectivity index (χ1n) is 10.8. The van der Waals surface area contributed by atoms with Crippen molar-refractivity contribution in [2.24, 2.45) is 4.99 Å². The van der Waals surface area contributed by atoms with E-state index < -0.39 is 5.97 Å². The lowest BCUT2D eigenvalue weighted by atomic mass is 9.87. The molecule has 7 nitrogen and oxygen atoms in total. The van der Waals surface area contributed by atoms with Crippen LogP contribution < -0.4 is 10.6 Å². The van der Waals surface area contributed by atoms with Gasteiger partial charge in [0.2, 0.25) is 5.96 Å². The number of guanidine groups is 1. The second kappa shape index (κ2) is 10.4. The standard InChI is InChI=1S/C25H31N3O4/c1-25(2,3)19-12-10-17(11-13-19)22(29)28-24(26-16-21-9-6-14-32-21)27-20-8-5-7-18(15-20)23(30)31-4/h5,7-8,10-13,15,21H,6,9,14,16H2,1-4H3,(H2,26,27,28,29). The molecule has 0 aliphatic carbocycles. The monoisotopic (exact) mass is 437 g/mol. The van der Waals surface area contributed by atoms with Crippen LogP contribution in [0.2, 0.25) is 0 Å². The van der Waals surface area contributed by atoms with Gasteiger partial charge in [0, 0.05) is 17.9 Å². The van der Waals surface area contributed by atoms with Gasteiger partial charge in [-0.1, -0.05) is 39.0 Å². The number of nitrogens with zero attached hydrogens (tertiary/aromatic N) is 1. The first kappa shape index (κ1) is 23.5. The molecule has 0 bridgehead atoms. The molecular formula is C25H31N3O4. The molecule has 0 spiro atoms.